The number of rotatable bonds is 10. The fourth-order valence-electron chi connectivity index (χ4n) is 3.22. The normalized spacial score (nSPS) is 20.4. The van der Waals surface area contributed by atoms with Gasteiger partial charge in [0.1, 0.15) is 0 Å². The smallest absolute Gasteiger partial charge is 0.0294 e. The van der Waals surface area contributed by atoms with Gasteiger partial charge in [-0.3, -0.25) is 0 Å². The predicted molar refractivity (Wildman–Crippen MR) is 97.3 cm³/mol. The van der Waals surface area contributed by atoms with E-state index in [9.17, 15) is 0 Å². The van der Waals surface area contributed by atoms with Crippen molar-refractivity contribution in [3.8, 4) is 0 Å². The Morgan fingerprint density at radius 3 is 2.45 bits per heavy atom. The average Bonchev–Trinajstić information content (AvgIpc) is 2.59. The Labute approximate surface area is 136 Å². The van der Waals surface area contributed by atoms with Gasteiger partial charge in [-0.2, -0.15) is 0 Å². The van der Waals surface area contributed by atoms with Crippen molar-refractivity contribution in [3.63, 3.8) is 0 Å². The van der Waals surface area contributed by atoms with E-state index in [1.165, 1.54) is 44.1 Å². The molecule has 1 atom stereocenters. The molecule has 1 aliphatic carbocycles. The van der Waals surface area contributed by atoms with Crippen LogP contribution in [0.15, 0.2) is 54.6 Å². The first-order valence-electron chi connectivity index (χ1n) is 8.98. The van der Waals surface area contributed by atoms with Crippen LogP contribution in [0.4, 0.5) is 0 Å². The first kappa shape index (κ1) is 17.0. The second-order valence-corrected chi connectivity index (χ2v) is 6.46. The van der Waals surface area contributed by atoms with Crippen molar-refractivity contribution in [2.24, 2.45) is 0 Å². The summed E-state index contributed by atoms with van der Waals surface area (Å²) in [4.78, 5) is 0. The van der Waals surface area contributed by atoms with Gasteiger partial charge in [0.2, 0.25) is 0 Å². The van der Waals surface area contributed by atoms with Crippen LogP contribution in [0.1, 0.15) is 57.4 Å². The first-order chi connectivity index (χ1) is 10.9. The van der Waals surface area contributed by atoms with E-state index in [1.807, 2.05) is 0 Å². The van der Waals surface area contributed by atoms with Crippen LogP contribution >= 0.6 is 0 Å². The SMILES string of the molecule is CCCCCCCCNCC1(c2ccccc2)C=CC=CC1. The van der Waals surface area contributed by atoms with Crippen molar-refractivity contribution >= 4 is 0 Å². The molecule has 0 fully saturated rings. The van der Waals surface area contributed by atoms with Crippen molar-refractivity contribution in [1.82, 2.24) is 5.32 Å². The van der Waals surface area contributed by atoms with Crippen LogP contribution in [0, 0.1) is 0 Å². The molecule has 1 nitrogen and oxygen atoms in total. The van der Waals surface area contributed by atoms with Crippen LogP contribution < -0.4 is 5.32 Å². The molecule has 1 aliphatic rings. The summed E-state index contributed by atoms with van der Waals surface area (Å²) in [6.07, 6.45) is 18.3. The molecule has 0 heterocycles. The first-order valence-corrected chi connectivity index (χ1v) is 8.98. The van der Waals surface area contributed by atoms with Crippen LogP contribution in [0.2, 0.25) is 0 Å². The highest BCUT2D eigenvalue weighted by Gasteiger charge is 2.28. The van der Waals surface area contributed by atoms with Gasteiger partial charge >= 0.3 is 0 Å². The Balaban J connectivity index is 1.77. The Morgan fingerprint density at radius 2 is 1.73 bits per heavy atom. The van der Waals surface area contributed by atoms with Crippen molar-refractivity contribution in [2.45, 2.75) is 57.3 Å². The van der Waals surface area contributed by atoms with Gasteiger partial charge in [0.15, 0.2) is 0 Å². The number of hydrogen-bond acceptors (Lipinski definition) is 1. The van der Waals surface area contributed by atoms with Gasteiger partial charge in [0.05, 0.1) is 0 Å². The molecule has 0 radical (unpaired) electrons. The van der Waals surface area contributed by atoms with Crippen molar-refractivity contribution in [1.29, 1.82) is 0 Å². The lowest BCUT2D eigenvalue weighted by molar-refractivity contribution is 0.469. The van der Waals surface area contributed by atoms with Crippen molar-refractivity contribution in [3.05, 3.63) is 60.2 Å². The molecule has 0 spiro atoms. The van der Waals surface area contributed by atoms with Crippen LogP contribution in [0.3, 0.4) is 0 Å². The summed E-state index contributed by atoms with van der Waals surface area (Å²) < 4.78 is 0. The molecule has 0 amide bonds. The van der Waals surface area contributed by atoms with Gasteiger partial charge in [-0.05, 0) is 24.9 Å². The third-order valence-electron chi connectivity index (χ3n) is 4.64. The third kappa shape index (κ3) is 5.14. The second kappa shape index (κ2) is 9.63. The molecule has 1 aromatic rings. The molecule has 1 aromatic carbocycles. The summed E-state index contributed by atoms with van der Waals surface area (Å²) in [6.45, 7) is 4.45. The zero-order valence-electron chi connectivity index (χ0n) is 14.1. The molecule has 120 valence electrons. The van der Waals surface area contributed by atoms with Gasteiger partial charge in [0, 0.05) is 12.0 Å². The molecular formula is C21H31N. The number of hydrogen-bond donors (Lipinski definition) is 1. The van der Waals surface area contributed by atoms with Gasteiger partial charge < -0.3 is 5.32 Å². The molecule has 22 heavy (non-hydrogen) atoms. The maximum absolute atomic E-state index is 3.70. The fourth-order valence-corrected chi connectivity index (χ4v) is 3.22. The quantitative estimate of drug-likeness (QED) is 0.571. The van der Waals surface area contributed by atoms with E-state index in [0.29, 0.717) is 0 Å². The standard InChI is InChI=1S/C21H31N/c1-2-3-4-5-6-13-18-22-19-21(16-11-8-12-17-21)20-14-9-7-10-15-20/h7-12,14-16,22H,2-6,13,17-19H2,1H3. The maximum Gasteiger partial charge on any atom is 0.0294 e. The Hall–Kier alpha value is -1.34. The molecule has 0 aliphatic heterocycles. The van der Waals surface area contributed by atoms with Crippen LogP contribution in [0.5, 0.6) is 0 Å². The fraction of sp³-hybridized carbons (Fsp3) is 0.524. The van der Waals surface area contributed by atoms with E-state index in [2.05, 4.69) is 66.9 Å². The highest BCUT2D eigenvalue weighted by Crippen LogP contribution is 2.32. The van der Waals surface area contributed by atoms with E-state index in [0.717, 1.165) is 19.5 Å². The number of nitrogens with one attached hydrogen (secondary N) is 1. The molecule has 1 unspecified atom stereocenters. The summed E-state index contributed by atoms with van der Waals surface area (Å²) in [5, 5.41) is 3.70. The molecule has 0 aromatic heterocycles. The molecule has 1 N–H and O–H groups in total. The number of unbranched alkanes of at least 4 members (excludes halogenated alkanes) is 5. The van der Waals surface area contributed by atoms with Crippen LogP contribution in [-0.4, -0.2) is 13.1 Å². The number of benzene rings is 1. The average molecular weight is 297 g/mol. The minimum Gasteiger partial charge on any atom is -0.316 e. The second-order valence-electron chi connectivity index (χ2n) is 6.46. The topological polar surface area (TPSA) is 12.0 Å². The minimum atomic E-state index is 0.137. The molecule has 0 saturated heterocycles. The molecule has 1 heteroatoms. The summed E-state index contributed by atoms with van der Waals surface area (Å²) in [5.74, 6) is 0. The maximum atomic E-state index is 3.70. The highest BCUT2D eigenvalue weighted by molar-refractivity contribution is 5.36. The Morgan fingerprint density at radius 1 is 0.955 bits per heavy atom. The van der Waals surface area contributed by atoms with E-state index in [1.54, 1.807) is 0 Å². The van der Waals surface area contributed by atoms with Crippen LogP contribution in [0.25, 0.3) is 0 Å². The summed E-state index contributed by atoms with van der Waals surface area (Å²) >= 11 is 0. The largest absolute Gasteiger partial charge is 0.316 e. The Bertz CT molecular complexity index is 460. The number of allylic oxidation sites excluding steroid dienone is 3. The van der Waals surface area contributed by atoms with E-state index < -0.39 is 0 Å². The lowest BCUT2D eigenvalue weighted by atomic mass is 9.75. The molecule has 0 bridgehead atoms. The van der Waals surface area contributed by atoms with Gasteiger partial charge in [-0.15, -0.1) is 0 Å². The zero-order valence-corrected chi connectivity index (χ0v) is 14.1. The summed E-state index contributed by atoms with van der Waals surface area (Å²) in [6, 6.07) is 10.9. The van der Waals surface area contributed by atoms with Crippen molar-refractivity contribution < 1.29 is 0 Å². The lowest BCUT2D eigenvalue weighted by Gasteiger charge is -2.32. The van der Waals surface area contributed by atoms with Gasteiger partial charge in [0.25, 0.3) is 0 Å². The molecule has 2 rings (SSSR count). The lowest BCUT2D eigenvalue weighted by Crippen LogP contribution is -2.37. The van der Waals surface area contributed by atoms with E-state index >= 15 is 0 Å². The monoisotopic (exact) mass is 297 g/mol. The minimum absolute atomic E-state index is 0.137. The van der Waals surface area contributed by atoms with E-state index in [4.69, 9.17) is 0 Å². The van der Waals surface area contributed by atoms with Gasteiger partial charge in [-0.25, -0.2) is 0 Å². The Kier molecular flexibility index (Phi) is 7.45. The van der Waals surface area contributed by atoms with E-state index in [-0.39, 0.29) is 5.41 Å². The molecule has 0 saturated carbocycles. The zero-order chi connectivity index (χ0) is 15.5. The highest BCUT2D eigenvalue weighted by atomic mass is 14.9. The summed E-state index contributed by atoms with van der Waals surface area (Å²) in [5.41, 5.74) is 1.56. The summed E-state index contributed by atoms with van der Waals surface area (Å²) in [7, 11) is 0. The molecular weight excluding hydrogens is 266 g/mol. The third-order valence-corrected chi connectivity index (χ3v) is 4.64. The van der Waals surface area contributed by atoms with Crippen molar-refractivity contribution in [2.75, 3.05) is 13.1 Å². The van der Waals surface area contributed by atoms with Crippen LogP contribution in [-0.2, 0) is 5.41 Å². The van der Waals surface area contributed by atoms with Gasteiger partial charge in [-0.1, -0.05) is 93.7 Å². The predicted octanol–water partition coefficient (Wildman–Crippen LogP) is 5.39.